The molecule has 0 spiro atoms. The molecule has 0 radical (unpaired) electrons. The van der Waals surface area contributed by atoms with Gasteiger partial charge in [0.05, 0.1) is 68.7 Å². The van der Waals surface area contributed by atoms with Gasteiger partial charge in [0.1, 0.15) is 33.2 Å². The van der Waals surface area contributed by atoms with Crippen molar-refractivity contribution in [2.45, 2.75) is 0 Å². The van der Waals surface area contributed by atoms with Gasteiger partial charge in [-0.3, -0.25) is 0 Å². The van der Waals surface area contributed by atoms with Crippen LogP contribution in [0.25, 0.3) is 242 Å². The van der Waals surface area contributed by atoms with E-state index in [-0.39, 0.29) is 0 Å². The maximum absolute atomic E-state index is 6.36. The molecule has 120 heavy (non-hydrogen) atoms. The minimum atomic E-state index is 0.676. The quantitative estimate of drug-likeness (QED) is 0.108. The van der Waals surface area contributed by atoms with Crippen LogP contribution in [0.2, 0.25) is 0 Å². The molecule has 0 aliphatic heterocycles. The predicted octanol–water partition coefficient (Wildman–Crippen LogP) is 28.6. The highest BCUT2D eigenvalue weighted by Crippen LogP contribution is 2.45. The van der Waals surface area contributed by atoms with Crippen LogP contribution in [0.15, 0.2) is 381 Å². The average Bonchev–Trinajstić information content (AvgIpc) is 1.34. The van der Waals surface area contributed by atoms with Gasteiger partial charge in [-0.2, -0.15) is 17.5 Å². The minimum Gasteiger partial charge on any atom is -0.455 e. The second-order valence-electron chi connectivity index (χ2n) is 29.9. The Morgan fingerprint density at radius 3 is 1.07 bits per heavy atom. The Balaban J connectivity index is 0.000000140. The van der Waals surface area contributed by atoms with Crippen LogP contribution in [0.5, 0.6) is 0 Å². The molecule has 0 saturated heterocycles. The molecule has 560 valence electrons. The lowest BCUT2D eigenvalue weighted by Crippen LogP contribution is -1.96. The van der Waals surface area contributed by atoms with E-state index in [1.807, 2.05) is 84.1 Å². The Kier molecular flexibility index (Phi) is 17.2. The van der Waals surface area contributed by atoms with Gasteiger partial charge < -0.3 is 4.42 Å². The average molecular weight is 1590 g/mol. The molecule has 0 fully saturated rings. The fourth-order valence-electron chi connectivity index (χ4n) is 16.8. The maximum atomic E-state index is 6.36. The Hall–Kier alpha value is -15.3. The monoisotopic (exact) mass is 1590 g/mol. The molecule has 0 bridgehead atoms. The number of thiophene rings is 1. The summed E-state index contributed by atoms with van der Waals surface area (Å²) in [6, 6.07) is 131. The van der Waals surface area contributed by atoms with Gasteiger partial charge in [0.15, 0.2) is 11.6 Å². The third-order valence-corrected chi connectivity index (χ3v) is 25.1. The van der Waals surface area contributed by atoms with Crippen LogP contribution < -0.4 is 0 Å². The van der Waals surface area contributed by atoms with Crippen LogP contribution in [0, 0.1) is 0 Å². The summed E-state index contributed by atoms with van der Waals surface area (Å²) in [5.41, 5.74) is 29.6. The van der Waals surface area contributed by atoms with Crippen molar-refractivity contribution in [2.24, 2.45) is 0 Å². The molecule has 24 aromatic rings. The van der Waals surface area contributed by atoms with E-state index in [0.29, 0.717) is 11.6 Å². The first-order valence-corrected chi connectivity index (χ1v) is 41.9. The summed E-state index contributed by atoms with van der Waals surface area (Å²) in [7, 11) is 0. The Labute approximate surface area is 699 Å². The summed E-state index contributed by atoms with van der Waals surface area (Å²) in [5, 5.41) is 11.3. The molecular weight excluding hydrogens is 1530 g/mol. The van der Waals surface area contributed by atoms with Gasteiger partial charge in [-0.1, -0.05) is 315 Å². The van der Waals surface area contributed by atoms with Crippen molar-refractivity contribution in [3.63, 3.8) is 0 Å². The Morgan fingerprint density at radius 1 is 0.217 bits per heavy atom. The van der Waals surface area contributed by atoms with Crippen molar-refractivity contribution in [2.75, 3.05) is 0 Å². The first kappa shape index (κ1) is 70.1. The van der Waals surface area contributed by atoms with Gasteiger partial charge >= 0.3 is 0 Å². The van der Waals surface area contributed by atoms with Crippen LogP contribution >= 0.6 is 34.8 Å². The van der Waals surface area contributed by atoms with Gasteiger partial charge in [0, 0.05) is 113 Å². The summed E-state index contributed by atoms with van der Waals surface area (Å²) in [4.78, 5) is 31.0. The number of aromatic nitrogens is 10. The van der Waals surface area contributed by atoms with Crippen LogP contribution in [0.4, 0.5) is 0 Å². The maximum Gasteiger partial charge on any atom is 0.160 e. The van der Waals surface area contributed by atoms with E-state index in [2.05, 4.69) is 312 Å². The molecular formula is C106H62N10OS3. The lowest BCUT2D eigenvalue weighted by molar-refractivity contribution is 0.670. The summed E-state index contributed by atoms with van der Waals surface area (Å²) in [6.45, 7) is 0. The van der Waals surface area contributed by atoms with Crippen molar-refractivity contribution in [3.8, 4) is 135 Å². The summed E-state index contributed by atoms with van der Waals surface area (Å²) in [5.74, 6) is 1.37. The lowest BCUT2D eigenvalue weighted by Gasteiger charge is -2.12. The van der Waals surface area contributed by atoms with Gasteiger partial charge in [-0.15, -0.1) is 11.3 Å². The van der Waals surface area contributed by atoms with Crippen molar-refractivity contribution in [1.82, 2.24) is 47.4 Å². The van der Waals surface area contributed by atoms with Crippen LogP contribution in [0.1, 0.15) is 0 Å². The van der Waals surface area contributed by atoms with Gasteiger partial charge in [0.25, 0.3) is 0 Å². The third kappa shape index (κ3) is 12.6. The van der Waals surface area contributed by atoms with Gasteiger partial charge in [0.2, 0.25) is 0 Å². The highest BCUT2D eigenvalue weighted by Gasteiger charge is 2.22. The van der Waals surface area contributed by atoms with Crippen molar-refractivity contribution < 1.29 is 4.42 Å². The van der Waals surface area contributed by atoms with Crippen molar-refractivity contribution in [3.05, 3.63) is 376 Å². The number of rotatable bonds is 12. The second kappa shape index (κ2) is 29.4. The highest BCUT2D eigenvalue weighted by atomic mass is 32.1. The van der Waals surface area contributed by atoms with Crippen molar-refractivity contribution >= 4 is 142 Å². The largest absolute Gasteiger partial charge is 0.455 e. The molecule has 16 aromatic carbocycles. The topological polar surface area (TPSA) is 142 Å². The molecule has 14 heteroatoms. The molecule has 0 aliphatic rings. The number of furan rings is 1. The number of pyridine rings is 2. The van der Waals surface area contributed by atoms with E-state index in [9.17, 15) is 0 Å². The number of para-hydroxylation sites is 2. The zero-order valence-corrected chi connectivity index (χ0v) is 66.4. The van der Waals surface area contributed by atoms with E-state index in [4.69, 9.17) is 43.1 Å². The van der Waals surface area contributed by atoms with Crippen LogP contribution in [0.3, 0.4) is 0 Å². The van der Waals surface area contributed by atoms with E-state index >= 15 is 0 Å². The molecule has 0 amide bonds. The van der Waals surface area contributed by atoms with Gasteiger partial charge in [-0.25, -0.2) is 29.9 Å². The number of benzene rings is 16. The summed E-state index contributed by atoms with van der Waals surface area (Å²) in [6.07, 6.45) is 0. The molecule has 24 rings (SSSR count). The van der Waals surface area contributed by atoms with E-state index in [0.717, 1.165) is 199 Å². The molecule has 0 unspecified atom stereocenters. The Bertz CT molecular complexity index is 7640. The number of hydrogen-bond acceptors (Lipinski definition) is 14. The van der Waals surface area contributed by atoms with Crippen LogP contribution in [-0.4, -0.2) is 47.4 Å². The molecule has 0 saturated carbocycles. The number of hydrogen-bond donors (Lipinski definition) is 0. The molecule has 8 heterocycles. The SMILES string of the molecule is c1ccc(-c2nc(-c3ccc(-c4ccc5c(c4)nc(-c4ccccc4)c4ccc6nsnc6c45)cc3)cc(-c3ccc(-c4cccc5c4oc4ccccc45)cc3)n2)cc1.c1ccc(-c2nc(-c3ccc(-c4ccc5c(c4)nc(-c4ccccc4)c4ccc6nsnc6c45)cc3)cc(-c3ccc(-c4cccc5c4sc4ccccc45)cc3)n2)cc1. The van der Waals surface area contributed by atoms with Gasteiger partial charge in [-0.05, 0) is 99.6 Å². The Morgan fingerprint density at radius 2 is 0.592 bits per heavy atom. The fourth-order valence-corrected chi connectivity index (χ4v) is 19.2. The van der Waals surface area contributed by atoms with Crippen LogP contribution in [-0.2, 0) is 0 Å². The molecule has 0 N–H and O–H groups in total. The smallest absolute Gasteiger partial charge is 0.160 e. The first-order valence-electron chi connectivity index (χ1n) is 39.6. The van der Waals surface area contributed by atoms with E-state index < -0.39 is 0 Å². The summed E-state index contributed by atoms with van der Waals surface area (Å²) < 4.78 is 27.5. The second-order valence-corrected chi connectivity index (χ2v) is 32.0. The number of nitrogens with zero attached hydrogens (tertiary/aromatic N) is 10. The normalized spacial score (nSPS) is 11.7. The van der Waals surface area contributed by atoms with Crippen molar-refractivity contribution in [1.29, 1.82) is 0 Å². The first-order chi connectivity index (χ1) is 59.4. The predicted molar refractivity (Wildman–Crippen MR) is 497 cm³/mol. The summed E-state index contributed by atoms with van der Waals surface area (Å²) >= 11 is 4.35. The zero-order chi connectivity index (χ0) is 79.1. The molecule has 0 atom stereocenters. The van der Waals surface area contributed by atoms with E-state index in [1.165, 1.54) is 54.8 Å². The molecule has 0 aliphatic carbocycles. The molecule has 11 nitrogen and oxygen atoms in total. The zero-order valence-electron chi connectivity index (χ0n) is 63.9. The number of fused-ring (bicyclic) bond motifs is 16. The minimum absolute atomic E-state index is 0.676. The fraction of sp³-hybridized carbons (Fsp3) is 0. The highest BCUT2D eigenvalue weighted by molar-refractivity contribution is 7.26. The standard InChI is InChI=1S/C53H31N5OS.C53H31N5S2/c2*1-3-10-36(11-4-1)50-43-28-29-44-51(58-60-57-44)49(43)42-27-26-38(30-47(42)54-50)32-18-22-34(23-19-32)45-31-46(56-53(55-45)37-12-5-2-6-13-37)35-24-20-33(21-25-35)39-15-9-16-41-40-14-7-8-17-48(40)59-52(39)41/h2*1-31H. The van der Waals surface area contributed by atoms with E-state index in [1.54, 1.807) is 0 Å². The molecule has 8 aromatic heterocycles. The lowest BCUT2D eigenvalue weighted by atomic mass is 9.96. The third-order valence-electron chi connectivity index (χ3n) is 22.8.